The Morgan fingerprint density at radius 2 is 1.96 bits per heavy atom. The Labute approximate surface area is 143 Å². The highest BCUT2D eigenvalue weighted by Crippen LogP contribution is 2.33. The third-order valence-corrected chi connectivity index (χ3v) is 4.94. The number of rotatable bonds is 1. The van der Waals surface area contributed by atoms with Gasteiger partial charge in [0.2, 0.25) is 0 Å². The zero-order chi connectivity index (χ0) is 17.6. The van der Waals surface area contributed by atoms with Gasteiger partial charge in [-0.25, -0.2) is 4.79 Å². The molecule has 2 aromatic rings. The van der Waals surface area contributed by atoms with Crippen molar-refractivity contribution < 1.29 is 4.79 Å². The molecule has 0 saturated carbocycles. The summed E-state index contributed by atoms with van der Waals surface area (Å²) in [6, 6.07) is 8.46. The molecule has 2 aliphatic heterocycles. The quantitative estimate of drug-likeness (QED) is 0.671. The number of amides is 1. The fraction of sp³-hybridized carbons (Fsp3) is 0.353. The maximum atomic E-state index is 12.8. The third-order valence-electron chi connectivity index (χ3n) is 4.94. The Morgan fingerprint density at radius 1 is 1.16 bits per heavy atom. The lowest BCUT2D eigenvalue weighted by Crippen LogP contribution is -2.43. The Balaban J connectivity index is 1.62. The molecule has 130 valence electrons. The fourth-order valence-corrected chi connectivity index (χ4v) is 3.78. The van der Waals surface area contributed by atoms with E-state index < -0.39 is 17.2 Å². The molecule has 4 N–H and O–H groups in total. The van der Waals surface area contributed by atoms with Crippen LogP contribution in [0.25, 0.3) is 0 Å². The van der Waals surface area contributed by atoms with Crippen molar-refractivity contribution in [2.45, 2.75) is 18.9 Å². The number of nitrogens with one attached hydrogen (secondary N) is 2. The van der Waals surface area contributed by atoms with Crippen LogP contribution in [0.4, 0.5) is 11.4 Å². The number of aromatic amines is 2. The van der Waals surface area contributed by atoms with Crippen LogP contribution in [-0.4, -0.2) is 46.5 Å². The van der Waals surface area contributed by atoms with Gasteiger partial charge in [-0.2, -0.15) is 0 Å². The van der Waals surface area contributed by atoms with E-state index in [4.69, 9.17) is 5.73 Å². The molecular weight excluding hydrogens is 322 g/mol. The normalized spacial score (nSPS) is 19.3. The number of nitrogens with two attached hydrogens (primary N) is 1. The molecule has 0 bridgehead atoms. The Hall–Kier alpha value is -3.03. The Morgan fingerprint density at radius 3 is 2.80 bits per heavy atom. The number of hydrogen-bond donors (Lipinski definition) is 3. The SMILES string of the molecule is Nc1c(C(=O)N2CCCN3c4ccccc4CC3C2)[nH]c(=O)[nH]c1=O. The van der Waals surface area contributed by atoms with E-state index in [0.29, 0.717) is 13.1 Å². The van der Waals surface area contributed by atoms with Gasteiger partial charge < -0.3 is 20.5 Å². The van der Waals surface area contributed by atoms with E-state index in [1.54, 1.807) is 4.90 Å². The predicted octanol–water partition coefficient (Wildman–Crippen LogP) is -0.0774. The third kappa shape index (κ3) is 2.59. The van der Waals surface area contributed by atoms with Crippen molar-refractivity contribution in [1.29, 1.82) is 0 Å². The van der Waals surface area contributed by atoms with Crippen LogP contribution in [0.2, 0.25) is 0 Å². The number of H-pyrrole nitrogens is 2. The molecule has 1 atom stereocenters. The average Bonchev–Trinajstić information content (AvgIpc) is 2.80. The van der Waals surface area contributed by atoms with E-state index >= 15 is 0 Å². The van der Waals surface area contributed by atoms with Crippen molar-refractivity contribution in [2.75, 3.05) is 30.3 Å². The zero-order valence-electron chi connectivity index (χ0n) is 13.6. The number of fused-ring (bicyclic) bond motifs is 3. The highest BCUT2D eigenvalue weighted by Gasteiger charge is 2.34. The summed E-state index contributed by atoms with van der Waals surface area (Å²) in [4.78, 5) is 44.4. The molecule has 3 heterocycles. The average molecular weight is 341 g/mol. The summed E-state index contributed by atoms with van der Waals surface area (Å²) in [6.07, 6.45) is 1.69. The predicted molar refractivity (Wildman–Crippen MR) is 93.9 cm³/mol. The Bertz CT molecular complexity index is 948. The first kappa shape index (κ1) is 15.5. The minimum Gasteiger partial charge on any atom is -0.392 e. The summed E-state index contributed by atoms with van der Waals surface area (Å²) >= 11 is 0. The van der Waals surface area contributed by atoms with Gasteiger partial charge in [0.25, 0.3) is 11.5 Å². The van der Waals surface area contributed by atoms with Gasteiger partial charge in [0.15, 0.2) is 0 Å². The number of nitrogen functional groups attached to an aromatic ring is 1. The van der Waals surface area contributed by atoms with Crippen molar-refractivity contribution in [1.82, 2.24) is 14.9 Å². The topological polar surface area (TPSA) is 115 Å². The molecule has 1 unspecified atom stereocenters. The van der Waals surface area contributed by atoms with E-state index in [1.165, 1.54) is 11.3 Å². The van der Waals surface area contributed by atoms with Crippen LogP contribution in [0.3, 0.4) is 0 Å². The monoisotopic (exact) mass is 341 g/mol. The van der Waals surface area contributed by atoms with Crippen LogP contribution in [0.15, 0.2) is 33.9 Å². The molecule has 1 saturated heterocycles. The van der Waals surface area contributed by atoms with Crippen LogP contribution >= 0.6 is 0 Å². The lowest BCUT2D eigenvalue weighted by Gasteiger charge is -2.27. The van der Waals surface area contributed by atoms with Crippen molar-refractivity contribution in [3.8, 4) is 0 Å². The molecule has 8 nitrogen and oxygen atoms in total. The Kier molecular flexibility index (Phi) is 3.60. The standard InChI is InChI=1S/C17H19N5O3/c18-13-14(19-17(25)20-15(13)23)16(24)21-6-3-7-22-11(9-21)8-10-4-1-2-5-12(10)22/h1-2,4-5,11H,3,6-9,18H2,(H2,19,20,23,25). The van der Waals surface area contributed by atoms with Gasteiger partial charge in [-0.05, 0) is 24.5 Å². The van der Waals surface area contributed by atoms with Gasteiger partial charge in [-0.15, -0.1) is 0 Å². The molecule has 1 amide bonds. The van der Waals surface area contributed by atoms with Crippen molar-refractivity contribution in [2.24, 2.45) is 0 Å². The number of para-hydroxylation sites is 1. The van der Waals surface area contributed by atoms with Crippen LogP contribution < -0.4 is 21.9 Å². The minimum absolute atomic E-state index is 0.127. The van der Waals surface area contributed by atoms with E-state index in [1.807, 2.05) is 17.1 Å². The van der Waals surface area contributed by atoms with Gasteiger partial charge >= 0.3 is 5.69 Å². The summed E-state index contributed by atoms with van der Waals surface area (Å²) < 4.78 is 0. The van der Waals surface area contributed by atoms with E-state index in [9.17, 15) is 14.4 Å². The first-order chi connectivity index (χ1) is 12.0. The highest BCUT2D eigenvalue weighted by atomic mass is 16.2. The summed E-state index contributed by atoms with van der Waals surface area (Å²) in [5.41, 5.74) is 6.37. The summed E-state index contributed by atoms with van der Waals surface area (Å²) in [5, 5.41) is 0. The molecular formula is C17H19N5O3. The number of nitrogens with zero attached hydrogens (tertiary/aromatic N) is 2. The number of carbonyl (C=O) groups excluding carboxylic acids is 1. The number of carbonyl (C=O) groups is 1. The molecule has 25 heavy (non-hydrogen) atoms. The first-order valence-electron chi connectivity index (χ1n) is 8.30. The number of anilines is 2. The smallest absolute Gasteiger partial charge is 0.326 e. The van der Waals surface area contributed by atoms with Crippen LogP contribution in [0, 0.1) is 0 Å². The van der Waals surface area contributed by atoms with Gasteiger partial charge in [-0.3, -0.25) is 14.6 Å². The molecule has 1 aromatic heterocycles. The number of hydrogen-bond acceptors (Lipinski definition) is 5. The van der Waals surface area contributed by atoms with Crippen LogP contribution in [-0.2, 0) is 6.42 Å². The lowest BCUT2D eigenvalue weighted by atomic mass is 10.1. The van der Waals surface area contributed by atoms with Crippen molar-refractivity contribution in [3.05, 3.63) is 56.4 Å². The van der Waals surface area contributed by atoms with E-state index in [0.717, 1.165) is 19.4 Å². The molecule has 8 heteroatoms. The molecule has 2 aliphatic rings. The largest absolute Gasteiger partial charge is 0.392 e. The van der Waals surface area contributed by atoms with Crippen LogP contribution in [0.5, 0.6) is 0 Å². The lowest BCUT2D eigenvalue weighted by molar-refractivity contribution is 0.0750. The molecule has 4 rings (SSSR count). The van der Waals surface area contributed by atoms with Crippen molar-refractivity contribution >= 4 is 17.3 Å². The second-order valence-corrected chi connectivity index (χ2v) is 6.48. The molecule has 0 aliphatic carbocycles. The fourth-order valence-electron chi connectivity index (χ4n) is 3.78. The van der Waals surface area contributed by atoms with Crippen molar-refractivity contribution in [3.63, 3.8) is 0 Å². The molecule has 1 fully saturated rings. The molecule has 0 radical (unpaired) electrons. The van der Waals surface area contributed by atoms with Gasteiger partial charge in [0.05, 0.1) is 6.04 Å². The van der Waals surface area contributed by atoms with E-state index in [2.05, 4.69) is 22.0 Å². The summed E-state index contributed by atoms with van der Waals surface area (Å²) in [7, 11) is 0. The summed E-state index contributed by atoms with van der Waals surface area (Å²) in [5.74, 6) is -0.404. The van der Waals surface area contributed by atoms with Gasteiger partial charge in [0.1, 0.15) is 11.4 Å². The molecule has 0 spiro atoms. The number of benzene rings is 1. The second kappa shape index (κ2) is 5.80. The highest BCUT2D eigenvalue weighted by molar-refractivity contribution is 5.97. The first-order valence-corrected chi connectivity index (χ1v) is 8.30. The second-order valence-electron chi connectivity index (χ2n) is 6.48. The van der Waals surface area contributed by atoms with E-state index in [-0.39, 0.29) is 17.4 Å². The maximum absolute atomic E-state index is 12.8. The van der Waals surface area contributed by atoms with Gasteiger partial charge in [0, 0.05) is 25.3 Å². The zero-order valence-corrected chi connectivity index (χ0v) is 13.6. The van der Waals surface area contributed by atoms with Gasteiger partial charge in [-0.1, -0.05) is 18.2 Å². The molecule has 1 aromatic carbocycles. The minimum atomic E-state index is -0.739. The summed E-state index contributed by atoms with van der Waals surface area (Å²) in [6.45, 7) is 1.96. The maximum Gasteiger partial charge on any atom is 0.326 e. The number of aromatic nitrogens is 2. The van der Waals surface area contributed by atoms with Crippen LogP contribution in [0.1, 0.15) is 22.5 Å².